The molecule has 17 heavy (non-hydrogen) atoms. The minimum Gasteiger partial charge on any atom is -0.395 e. The van der Waals surface area contributed by atoms with Crippen molar-refractivity contribution >= 4 is 23.4 Å². The Hall–Kier alpha value is -1.07. The van der Waals surface area contributed by atoms with Crippen molar-refractivity contribution in [3.8, 4) is 0 Å². The summed E-state index contributed by atoms with van der Waals surface area (Å²) in [6.45, 7) is 3.56. The number of halogens is 1. The summed E-state index contributed by atoms with van der Waals surface area (Å²) in [7, 11) is 1.76. The molecule has 0 amide bonds. The first-order valence-corrected chi connectivity index (χ1v) is 6.16. The highest BCUT2D eigenvalue weighted by molar-refractivity contribution is 6.32. The maximum Gasteiger partial charge on any atom is 0.224 e. The third-order valence-corrected chi connectivity index (χ3v) is 2.67. The molecular weight excluding hydrogens is 240 g/mol. The Morgan fingerprint density at radius 3 is 2.82 bits per heavy atom. The molecule has 0 aliphatic carbocycles. The van der Waals surface area contributed by atoms with E-state index in [2.05, 4.69) is 22.2 Å². The quantitative estimate of drug-likeness (QED) is 0.781. The van der Waals surface area contributed by atoms with Gasteiger partial charge in [0.2, 0.25) is 5.95 Å². The standard InChI is InChI=1S/C11H19ClN4O/c1-3-4-5-16(6-7-17)10-9(12)8-14-11(13-2)15-10/h8,17H,3-7H2,1-2H3,(H,13,14,15). The highest BCUT2D eigenvalue weighted by Crippen LogP contribution is 2.23. The summed E-state index contributed by atoms with van der Waals surface area (Å²) in [6, 6.07) is 0. The first-order chi connectivity index (χ1) is 8.22. The Morgan fingerprint density at radius 2 is 2.24 bits per heavy atom. The number of aromatic nitrogens is 2. The normalized spacial score (nSPS) is 10.4. The van der Waals surface area contributed by atoms with Crippen molar-refractivity contribution in [3.05, 3.63) is 11.2 Å². The molecule has 0 aromatic carbocycles. The summed E-state index contributed by atoms with van der Waals surface area (Å²) in [5.74, 6) is 1.21. The van der Waals surface area contributed by atoms with Gasteiger partial charge in [-0.2, -0.15) is 4.98 Å². The van der Waals surface area contributed by atoms with Crippen LogP contribution in [0.5, 0.6) is 0 Å². The van der Waals surface area contributed by atoms with Gasteiger partial charge in [-0.05, 0) is 6.42 Å². The number of hydrogen-bond acceptors (Lipinski definition) is 5. The van der Waals surface area contributed by atoms with Gasteiger partial charge in [-0.3, -0.25) is 0 Å². The largest absolute Gasteiger partial charge is 0.395 e. The minimum absolute atomic E-state index is 0.0823. The predicted molar refractivity (Wildman–Crippen MR) is 70.8 cm³/mol. The number of unbranched alkanes of at least 4 members (excludes halogenated alkanes) is 1. The van der Waals surface area contributed by atoms with Crippen molar-refractivity contribution in [1.82, 2.24) is 9.97 Å². The maximum atomic E-state index is 9.07. The number of aliphatic hydroxyl groups excluding tert-OH is 1. The summed E-state index contributed by atoms with van der Waals surface area (Å²) < 4.78 is 0. The van der Waals surface area contributed by atoms with Gasteiger partial charge in [0.1, 0.15) is 5.02 Å². The lowest BCUT2D eigenvalue weighted by molar-refractivity contribution is 0.301. The van der Waals surface area contributed by atoms with Crippen molar-refractivity contribution in [2.45, 2.75) is 19.8 Å². The van der Waals surface area contributed by atoms with Crippen LogP contribution in [0.2, 0.25) is 5.02 Å². The Balaban J connectivity index is 2.90. The average molecular weight is 259 g/mol. The Kier molecular flexibility index (Phi) is 6.00. The van der Waals surface area contributed by atoms with Crippen molar-refractivity contribution in [3.63, 3.8) is 0 Å². The van der Waals surface area contributed by atoms with Gasteiger partial charge < -0.3 is 15.3 Å². The second-order valence-corrected chi connectivity index (χ2v) is 4.09. The SMILES string of the molecule is CCCCN(CCO)c1nc(NC)ncc1Cl. The highest BCUT2D eigenvalue weighted by Gasteiger charge is 2.12. The van der Waals surface area contributed by atoms with Crippen LogP contribution in [0.15, 0.2) is 6.20 Å². The lowest BCUT2D eigenvalue weighted by Crippen LogP contribution is -2.29. The molecule has 0 saturated carbocycles. The zero-order valence-corrected chi connectivity index (χ0v) is 11.0. The molecule has 0 aliphatic heterocycles. The third-order valence-electron chi connectivity index (χ3n) is 2.40. The molecule has 96 valence electrons. The molecule has 2 N–H and O–H groups in total. The molecule has 1 aromatic rings. The molecule has 0 radical (unpaired) electrons. The van der Waals surface area contributed by atoms with Gasteiger partial charge in [-0.15, -0.1) is 0 Å². The van der Waals surface area contributed by atoms with Crippen molar-refractivity contribution < 1.29 is 5.11 Å². The number of anilines is 2. The van der Waals surface area contributed by atoms with Gasteiger partial charge in [0.05, 0.1) is 12.8 Å². The topological polar surface area (TPSA) is 61.3 Å². The van der Waals surface area contributed by atoms with E-state index in [0.717, 1.165) is 19.4 Å². The van der Waals surface area contributed by atoms with Crippen LogP contribution in [0.1, 0.15) is 19.8 Å². The first-order valence-electron chi connectivity index (χ1n) is 5.79. The molecule has 5 nitrogen and oxygen atoms in total. The molecule has 1 rings (SSSR count). The summed E-state index contributed by atoms with van der Waals surface area (Å²) in [5, 5.41) is 12.5. The zero-order valence-electron chi connectivity index (χ0n) is 10.3. The van der Waals surface area contributed by atoms with Crippen molar-refractivity contribution in [1.29, 1.82) is 0 Å². The summed E-state index contributed by atoms with van der Waals surface area (Å²) in [5.41, 5.74) is 0. The Labute approximate surface area is 107 Å². The molecule has 0 bridgehead atoms. The molecule has 1 heterocycles. The molecule has 0 atom stereocenters. The fraction of sp³-hybridized carbons (Fsp3) is 0.636. The number of rotatable bonds is 7. The fourth-order valence-corrected chi connectivity index (χ4v) is 1.70. The smallest absolute Gasteiger partial charge is 0.224 e. The van der Waals surface area contributed by atoms with Crippen molar-refractivity contribution in [2.75, 3.05) is 37.0 Å². The van der Waals surface area contributed by atoms with E-state index >= 15 is 0 Å². The second-order valence-electron chi connectivity index (χ2n) is 3.68. The van der Waals surface area contributed by atoms with Gasteiger partial charge in [-0.1, -0.05) is 24.9 Å². The molecule has 0 saturated heterocycles. The Morgan fingerprint density at radius 1 is 1.47 bits per heavy atom. The van der Waals surface area contributed by atoms with E-state index in [1.807, 2.05) is 4.90 Å². The van der Waals surface area contributed by atoms with Crippen LogP contribution in [0.25, 0.3) is 0 Å². The van der Waals surface area contributed by atoms with Crippen LogP contribution in [0.4, 0.5) is 11.8 Å². The van der Waals surface area contributed by atoms with E-state index < -0.39 is 0 Å². The van der Waals surface area contributed by atoms with E-state index in [1.165, 1.54) is 0 Å². The maximum absolute atomic E-state index is 9.07. The second kappa shape index (κ2) is 7.29. The highest BCUT2D eigenvalue weighted by atomic mass is 35.5. The van der Waals surface area contributed by atoms with E-state index in [4.69, 9.17) is 16.7 Å². The molecule has 0 fully saturated rings. The zero-order chi connectivity index (χ0) is 12.7. The molecule has 0 aliphatic rings. The fourth-order valence-electron chi connectivity index (χ4n) is 1.49. The van der Waals surface area contributed by atoms with Crippen LogP contribution in [0.3, 0.4) is 0 Å². The Bertz CT molecular complexity index is 348. The summed E-state index contributed by atoms with van der Waals surface area (Å²) in [4.78, 5) is 10.3. The van der Waals surface area contributed by atoms with Gasteiger partial charge in [0.25, 0.3) is 0 Å². The summed E-state index contributed by atoms with van der Waals surface area (Å²) >= 11 is 6.09. The van der Waals surface area contributed by atoms with Crippen molar-refractivity contribution in [2.24, 2.45) is 0 Å². The molecule has 6 heteroatoms. The number of nitrogens with zero attached hydrogens (tertiary/aromatic N) is 3. The number of nitrogens with one attached hydrogen (secondary N) is 1. The van der Waals surface area contributed by atoms with Gasteiger partial charge in [-0.25, -0.2) is 4.98 Å². The van der Waals surface area contributed by atoms with E-state index in [1.54, 1.807) is 13.2 Å². The van der Waals surface area contributed by atoms with E-state index in [0.29, 0.717) is 23.3 Å². The van der Waals surface area contributed by atoms with Crippen LogP contribution in [0, 0.1) is 0 Å². The van der Waals surface area contributed by atoms with Gasteiger partial charge in [0, 0.05) is 20.1 Å². The first kappa shape index (κ1) is 14.0. The van der Waals surface area contributed by atoms with Crippen LogP contribution >= 0.6 is 11.6 Å². The van der Waals surface area contributed by atoms with Crippen LogP contribution in [-0.2, 0) is 0 Å². The van der Waals surface area contributed by atoms with Gasteiger partial charge >= 0.3 is 0 Å². The summed E-state index contributed by atoms with van der Waals surface area (Å²) in [6.07, 6.45) is 3.70. The lowest BCUT2D eigenvalue weighted by atomic mass is 10.3. The number of hydrogen-bond donors (Lipinski definition) is 2. The molecular formula is C11H19ClN4O. The number of aliphatic hydroxyl groups is 1. The third kappa shape index (κ3) is 4.02. The monoisotopic (exact) mass is 258 g/mol. The molecule has 0 spiro atoms. The predicted octanol–water partition coefficient (Wildman–Crippen LogP) is 1.77. The average Bonchev–Trinajstić information content (AvgIpc) is 2.35. The van der Waals surface area contributed by atoms with Crippen LogP contribution in [-0.4, -0.2) is 41.8 Å². The van der Waals surface area contributed by atoms with E-state index in [9.17, 15) is 0 Å². The molecule has 1 aromatic heterocycles. The molecule has 0 unspecified atom stereocenters. The van der Waals surface area contributed by atoms with E-state index in [-0.39, 0.29) is 6.61 Å². The lowest BCUT2D eigenvalue weighted by Gasteiger charge is -2.23. The van der Waals surface area contributed by atoms with Gasteiger partial charge in [0.15, 0.2) is 5.82 Å². The minimum atomic E-state index is 0.0823. The van der Waals surface area contributed by atoms with Crippen LogP contribution < -0.4 is 10.2 Å².